The molecule has 1 aromatic rings. The highest BCUT2D eigenvalue weighted by Gasteiger charge is 2.35. The Hall–Kier alpha value is -1.81. The van der Waals surface area contributed by atoms with Crippen molar-refractivity contribution in [3.05, 3.63) is 22.2 Å². The molecule has 9 heteroatoms. The molecule has 134 valence electrons. The lowest BCUT2D eigenvalue weighted by molar-refractivity contribution is -0.116. The topological polar surface area (TPSA) is 123 Å². The van der Waals surface area contributed by atoms with Gasteiger partial charge in [-0.1, -0.05) is 6.92 Å². The summed E-state index contributed by atoms with van der Waals surface area (Å²) >= 11 is 0. The van der Waals surface area contributed by atoms with Crippen LogP contribution in [0.15, 0.2) is 11.0 Å². The molecule has 0 aliphatic carbocycles. The molecule has 1 amide bonds. The summed E-state index contributed by atoms with van der Waals surface area (Å²) in [5, 5.41) is 21.6. The fraction of sp³-hybridized carbons (Fsp3) is 0.667. The molecule has 1 aromatic heterocycles. The summed E-state index contributed by atoms with van der Waals surface area (Å²) in [7, 11) is 1.49. The Kier molecular flexibility index (Phi) is 6.44. The first kappa shape index (κ1) is 18.5. The number of nitrogens with zero attached hydrogens (tertiary/aromatic N) is 2. The van der Waals surface area contributed by atoms with Crippen molar-refractivity contribution in [2.24, 2.45) is 0 Å². The van der Waals surface area contributed by atoms with Crippen LogP contribution >= 0.6 is 0 Å². The van der Waals surface area contributed by atoms with Gasteiger partial charge < -0.3 is 25.0 Å². The third-order valence-corrected chi connectivity index (χ3v) is 3.76. The van der Waals surface area contributed by atoms with Crippen LogP contribution in [0.5, 0.6) is 0 Å². The Morgan fingerprint density at radius 3 is 2.92 bits per heavy atom. The number of carbonyl (C=O) groups is 1. The zero-order valence-corrected chi connectivity index (χ0v) is 13.8. The number of hydrogen-bond acceptors (Lipinski definition) is 7. The zero-order valence-electron chi connectivity index (χ0n) is 13.8. The summed E-state index contributed by atoms with van der Waals surface area (Å²) in [4.78, 5) is 27.9. The molecule has 1 fully saturated rings. The second-order valence-corrected chi connectivity index (χ2v) is 5.65. The first-order valence-corrected chi connectivity index (χ1v) is 7.85. The molecule has 0 unspecified atom stereocenters. The van der Waals surface area contributed by atoms with Gasteiger partial charge in [-0.15, -0.1) is 0 Å². The minimum atomic E-state index is -0.860. The van der Waals surface area contributed by atoms with Crippen molar-refractivity contribution in [3.63, 3.8) is 0 Å². The third kappa shape index (κ3) is 4.18. The predicted octanol–water partition coefficient (Wildman–Crippen LogP) is -0.231. The number of amides is 1. The van der Waals surface area contributed by atoms with Gasteiger partial charge in [0.1, 0.15) is 18.1 Å². The molecule has 1 aliphatic heterocycles. The summed E-state index contributed by atoms with van der Waals surface area (Å²) in [6.07, 6.45) is 0.344. The molecule has 3 atom stereocenters. The Labute approximate surface area is 139 Å². The van der Waals surface area contributed by atoms with Gasteiger partial charge in [0.25, 0.3) is 0 Å². The average molecular weight is 341 g/mol. The molecule has 0 bridgehead atoms. The van der Waals surface area contributed by atoms with Gasteiger partial charge in [-0.05, 0) is 6.42 Å². The Morgan fingerprint density at radius 2 is 2.33 bits per heavy atom. The number of ether oxygens (including phenoxy) is 2. The Balaban J connectivity index is 2.29. The molecule has 9 nitrogen and oxygen atoms in total. The lowest BCUT2D eigenvalue weighted by Gasteiger charge is -2.17. The van der Waals surface area contributed by atoms with E-state index in [2.05, 4.69) is 10.3 Å². The second kappa shape index (κ2) is 8.34. The second-order valence-electron chi connectivity index (χ2n) is 5.65. The molecule has 3 N–H and O–H groups in total. The molecule has 0 radical (unpaired) electrons. The highest BCUT2D eigenvalue weighted by molar-refractivity contribution is 5.90. The zero-order chi connectivity index (χ0) is 17.7. The number of anilines is 1. The number of nitrogens with one attached hydrogen (secondary N) is 1. The van der Waals surface area contributed by atoms with Crippen molar-refractivity contribution in [3.8, 4) is 0 Å². The van der Waals surface area contributed by atoms with Gasteiger partial charge in [0.05, 0.1) is 19.3 Å². The lowest BCUT2D eigenvalue weighted by Crippen LogP contribution is -2.30. The number of hydrogen-bond donors (Lipinski definition) is 3. The first-order valence-electron chi connectivity index (χ1n) is 7.85. The summed E-state index contributed by atoms with van der Waals surface area (Å²) in [6.45, 7) is 1.69. The molecular formula is C15H23N3O6. The van der Waals surface area contributed by atoms with Crippen molar-refractivity contribution in [2.45, 2.75) is 51.2 Å². The van der Waals surface area contributed by atoms with Crippen LogP contribution < -0.4 is 11.0 Å². The maximum atomic E-state index is 12.3. The highest BCUT2D eigenvalue weighted by Crippen LogP contribution is 2.28. The number of carbonyl (C=O) groups excluding carboxylic acids is 1. The van der Waals surface area contributed by atoms with Crippen LogP contribution in [0.1, 0.15) is 38.0 Å². The number of methoxy groups -OCH3 is 1. The molecular weight excluding hydrogens is 318 g/mol. The maximum Gasteiger partial charge on any atom is 0.351 e. The van der Waals surface area contributed by atoms with Gasteiger partial charge in [-0.25, -0.2) is 4.79 Å². The summed E-state index contributed by atoms with van der Waals surface area (Å²) in [6, 6.07) is 0. The van der Waals surface area contributed by atoms with Crippen LogP contribution in [0.4, 0.5) is 5.82 Å². The van der Waals surface area contributed by atoms with Gasteiger partial charge in [0.2, 0.25) is 5.91 Å². The van der Waals surface area contributed by atoms with E-state index in [9.17, 15) is 14.7 Å². The monoisotopic (exact) mass is 341 g/mol. The summed E-state index contributed by atoms with van der Waals surface area (Å²) in [5.41, 5.74) is -0.0930. The lowest BCUT2D eigenvalue weighted by atomic mass is 10.2. The number of aromatic nitrogens is 2. The van der Waals surface area contributed by atoms with Crippen LogP contribution in [-0.2, 0) is 20.9 Å². The predicted molar refractivity (Wildman–Crippen MR) is 84.4 cm³/mol. The molecule has 24 heavy (non-hydrogen) atoms. The Bertz CT molecular complexity index is 632. The third-order valence-electron chi connectivity index (χ3n) is 3.76. The van der Waals surface area contributed by atoms with Crippen LogP contribution in [0.3, 0.4) is 0 Å². The van der Waals surface area contributed by atoms with Gasteiger partial charge in [-0.2, -0.15) is 4.98 Å². The summed E-state index contributed by atoms with van der Waals surface area (Å²) < 4.78 is 11.8. The van der Waals surface area contributed by atoms with Crippen LogP contribution in [0.2, 0.25) is 0 Å². The SMILES string of the molecule is CCCC(=O)Nc1nc(=O)n([C@H]2C[C@H](O)[C@@H](CO)O2)cc1COC. The van der Waals surface area contributed by atoms with Gasteiger partial charge in [0, 0.05) is 31.7 Å². The minimum Gasteiger partial charge on any atom is -0.394 e. The molecule has 2 rings (SSSR count). The van der Waals surface area contributed by atoms with E-state index in [0.29, 0.717) is 18.4 Å². The van der Waals surface area contributed by atoms with Crippen molar-refractivity contribution < 1.29 is 24.5 Å². The molecule has 0 saturated carbocycles. The number of aliphatic hydroxyl groups excluding tert-OH is 2. The van der Waals surface area contributed by atoms with Crippen molar-refractivity contribution >= 4 is 11.7 Å². The van der Waals surface area contributed by atoms with E-state index in [1.165, 1.54) is 17.9 Å². The standard InChI is InChI=1S/C15H23N3O6/c1-3-4-12(21)16-14-9(8-23-2)6-18(15(22)17-14)13-5-10(20)11(7-19)24-13/h6,10-11,13,19-20H,3-5,7-8H2,1-2H3,(H,16,17,21,22)/t10-,11+,13+/m0/s1. The van der Waals surface area contributed by atoms with Crippen LogP contribution in [-0.4, -0.2) is 51.6 Å². The maximum absolute atomic E-state index is 12.3. The smallest absolute Gasteiger partial charge is 0.351 e. The van der Waals surface area contributed by atoms with Crippen LogP contribution in [0.25, 0.3) is 0 Å². The van der Waals surface area contributed by atoms with Crippen LogP contribution in [0, 0.1) is 0 Å². The molecule has 1 aliphatic rings. The minimum absolute atomic E-state index is 0.147. The molecule has 2 heterocycles. The molecule has 0 spiro atoms. The Morgan fingerprint density at radius 1 is 1.58 bits per heavy atom. The normalized spacial score (nSPS) is 23.4. The average Bonchev–Trinajstić information content (AvgIpc) is 2.91. The van der Waals surface area contributed by atoms with E-state index in [1.54, 1.807) is 0 Å². The largest absolute Gasteiger partial charge is 0.394 e. The molecule has 1 saturated heterocycles. The summed E-state index contributed by atoms with van der Waals surface area (Å²) in [5.74, 6) is -0.0683. The van der Waals surface area contributed by atoms with E-state index in [0.717, 1.165) is 0 Å². The van der Waals surface area contributed by atoms with Crippen molar-refractivity contribution in [1.29, 1.82) is 0 Å². The fourth-order valence-corrected chi connectivity index (χ4v) is 2.56. The fourth-order valence-electron chi connectivity index (χ4n) is 2.56. The van der Waals surface area contributed by atoms with Gasteiger partial charge in [0.15, 0.2) is 0 Å². The molecule has 0 aromatic carbocycles. The van der Waals surface area contributed by atoms with E-state index in [4.69, 9.17) is 14.6 Å². The van der Waals surface area contributed by atoms with Crippen molar-refractivity contribution in [1.82, 2.24) is 9.55 Å². The van der Waals surface area contributed by atoms with Gasteiger partial charge in [-0.3, -0.25) is 9.36 Å². The van der Waals surface area contributed by atoms with E-state index < -0.39 is 24.1 Å². The van der Waals surface area contributed by atoms with Crippen molar-refractivity contribution in [2.75, 3.05) is 19.0 Å². The highest BCUT2D eigenvalue weighted by atomic mass is 16.5. The number of rotatable bonds is 7. The van der Waals surface area contributed by atoms with Gasteiger partial charge >= 0.3 is 5.69 Å². The van der Waals surface area contributed by atoms with E-state index in [-0.39, 0.29) is 31.4 Å². The first-order chi connectivity index (χ1) is 11.5. The van der Waals surface area contributed by atoms with E-state index >= 15 is 0 Å². The van der Waals surface area contributed by atoms with E-state index in [1.807, 2.05) is 6.92 Å². The quantitative estimate of drug-likeness (QED) is 0.626. The number of aliphatic hydroxyl groups is 2.